The number of hydrogen-bond donors (Lipinski definition) is 1. The number of likely N-dealkylation sites (N-methyl/N-ethyl adjacent to an activating group) is 1. The van der Waals surface area contributed by atoms with Crippen molar-refractivity contribution in [2.75, 3.05) is 6.54 Å². The molecule has 2 aromatic rings. The van der Waals surface area contributed by atoms with Crippen LogP contribution >= 0.6 is 0 Å². The van der Waals surface area contributed by atoms with E-state index in [-0.39, 0.29) is 6.04 Å². The summed E-state index contributed by atoms with van der Waals surface area (Å²) in [6.45, 7) is 2.78. The van der Waals surface area contributed by atoms with Gasteiger partial charge < -0.3 is 5.32 Å². The molecule has 0 fully saturated rings. The Morgan fingerprint density at radius 3 is 2.32 bits per heavy atom. The average Bonchev–Trinajstić information content (AvgIpc) is 2.38. The van der Waals surface area contributed by atoms with Crippen LogP contribution in [0.3, 0.4) is 0 Å². The molecule has 0 radical (unpaired) electrons. The molecule has 2 rings (SSSR count). The Morgan fingerprint density at radius 1 is 1.11 bits per heavy atom. The predicted octanol–water partition coefficient (Wildman–Crippen LogP) is 3.25. The Kier molecular flexibility index (Phi) is 4.58. The second-order valence-corrected chi connectivity index (χ2v) is 4.37. The summed E-state index contributed by atoms with van der Waals surface area (Å²) in [5.74, 6) is -1.08. The first-order valence-electron chi connectivity index (χ1n) is 6.27. The zero-order valence-corrected chi connectivity index (χ0v) is 10.7. The number of halogens is 2. The summed E-state index contributed by atoms with van der Waals surface area (Å²) in [4.78, 5) is 3.98. The highest BCUT2D eigenvalue weighted by Gasteiger charge is 2.12. The van der Waals surface area contributed by atoms with Crippen LogP contribution in [0.4, 0.5) is 8.78 Å². The maximum absolute atomic E-state index is 13.2. The van der Waals surface area contributed by atoms with Crippen LogP contribution < -0.4 is 5.32 Å². The third kappa shape index (κ3) is 3.83. The number of aromatic nitrogens is 1. The van der Waals surface area contributed by atoms with Crippen LogP contribution in [-0.4, -0.2) is 11.5 Å². The molecule has 0 aliphatic carbocycles. The summed E-state index contributed by atoms with van der Waals surface area (Å²) in [5.41, 5.74) is 1.70. The van der Waals surface area contributed by atoms with E-state index in [0.717, 1.165) is 18.2 Å². The number of nitrogens with one attached hydrogen (secondary N) is 1. The van der Waals surface area contributed by atoms with Gasteiger partial charge in [0.15, 0.2) is 0 Å². The lowest BCUT2D eigenvalue weighted by molar-refractivity contribution is 0.538. The van der Waals surface area contributed by atoms with E-state index in [1.807, 2.05) is 19.1 Å². The van der Waals surface area contributed by atoms with Crippen LogP contribution in [0.15, 0.2) is 42.7 Å². The van der Waals surface area contributed by atoms with Gasteiger partial charge in [0.05, 0.1) is 0 Å². The van der Waals surface area contributed by atoms with E-state index in [0.29, 0.717) is 12.0 Å². The third-order valence-electron chi connectivity index (χ3n) is 2.92. The molecule has 19 heavy (non-hydrogen) atoms. The van der Waals surface area contributed by atoms with Crippen molar-refractivity contribution in [3.8, 4) is 0 Å². The smallest absolute Gasteiger partial charge is 0.126 e. The van der Waals surface area contributed by atoms with Crippen LogP contribution in [0.25, 0.3) is 0 Å². The first-order chi connectivity index (χ1) is 9.19. The minimum atomic E-state index is -0.542. The Hall–Kier alpha value is -1.81. The topological polar surface area (TPSA) is 24.9 Å². The summed E-state index contributed by atoms with van der Waals surface area (Å²) in [7, 11) is 0. The zero-order chi connectivity index (χ0) is 13.7. The van der Waals surface area contributed by atoms with E-state index in [4.69, 9.17) is 0 Å². The molecule has 1 aromatic carbocycles. The largest absolute Gasteiger partial charge is 0.310 e. The summed E-state index contributed by atoms with van der Waals surface area (Å²) >= 11 is 0. The van der Waals surface area contributed by atoms with Crippen molar-refractivity contribution in [2.45, 2.75) is 19.4 Å². The van der Waals surface area contributed by atoms with Gasteiger partial charge in [0.25, 0.3) is 0 Å². The summed E-state index contributed by atoms with van der Waals surface area (Å²) in [6, 6.07) is 7.46. The van der Waals surface area contributed by atoms with Gasteiger partial charge in [-0.1, -0.05) is 6.92 Å². The van der Waals surface area contributed by atoms with E-state index < -0.39 is 11.6 Å². The first-order valence-corrected chi connectivity index (χ1v) is 6.27. The highest BCUT2D eigenvalue weighted by molar-refractivity contribution is 5.23. The minimum absolute atomic E-state index is 0.0224. The van der Waals surface area contributed by atoms with E-state index in [9.17, 15) is 8.78 Å². The lowest BCUT2D eigenvalue weighted by Crippen LogP contribution is -2.23. The summed E-state index contributed by atoms with van der Waals surface area (Å²) in [6.07, 6.45) is 3.96. The Labute approximate surface area is 111 Å². The lowest BCUT2D eigenvalue weighted by Gasteiger charge is -2.18. The van der Waals surface area contributed by atoms with Gasteiger partial charge in [-0.15, -0.1) is 0 Å². The van der Waals surface area contributed by atoms with Gasteiger partial charge >= 0.3 is 0 Å². The Bertz CT molecular complexity index is 509. The second kappa shape index (κ2) is 6.38. The molecule has 0 amide bonds. The Morgan fingerprint density at radius 2 is 1.74 bits per heavy atom. The van der Waals surface area contributed by atoms with Crippen molar-refractivity contribution >= 4 is 0 Å². The normalized spacial score (nSPS) is 12.4. The van der Waals surface area contributed by atoms with Gasteiger partial charge in [0, 0.05) is 24.5 Å². The van der Waals surface area contributed by atoms with Crippen molar-refractivity contribution in [3.05, 3.63) is 65.5 Å². The molecule has 0 saturated carbocycles. The lowest BCUT2D eigenvalue weighted by atomic mass is 9.99. The molecule has 0 spiro atoms. The molecular weight excluding hydrogens is 246 g/mol. The highest BCUT2D eigenvalue weighted by atomic mass is 19.1. The van der Waals surface area contributed by atoms with Crippen molar-refractivity contribution in [1.29, 1.82) is 0 Å². The maximum atomic E-state index is 13.2. The molecule has 0 aliphatic heterocycles. The van der Waals surface area contributed by atoms with Crippen LogP contribution in [0.5, 0.6) is 0 Å². The summed E-state index contributed by atoms with van der Waals surface area (Å²) in [5, 5.41) is 3.31. The van der Waals surface area contributed by atoms with Crippen molar-refractivity contribution < 1.29 is 8.78 Å². The number of rotatable bonds is 5. The van der Waals surface area contributed by atoms with Crippen molar-refractivity contribution in [2.24, 2.45) is 0 Å². The standard InChI is InChI=1S/C15H16F2N2/c1-2-19-15(12-3-5-18-6-4-12)9-11-7-13(16)10-14(17)8-11/h3-8,10,15,19H,2,9H2,1H3. The average molecular weight is 262 g/mol. The molecule has 1 atom stereocenters. The van der Waals surface area contributed by atoms with Gasteiger partial charge in [-0.05, 0) is 48.4 Å². The third-order valence-corrected chi connectivity index (χ3v) is 2.92. The monoisotopic (exact) mass is 262 g/mol. The molecule has 2 nitrogen and oxygen atoms in total. The Balaban J connectivity index is 2.21. The molecule has 1 aromatic heterocycles. The molecule has 100 valence electrons. The van der Waals surface area contributed by atoms with E-state index in [1.165, 1.54) is 12.1 Å². The van der Waals surface area contributed by atoms with E-state index >= 15 is 0 Å². The first kappa shape index (κ1) is 13.6. The fraction of sp³-hybridized carbons (Fsp3) is 0.267. The fourth-order valence-corrected chi connectivity index (χ4v) is 2.11. The molecule has 1 heterocycles. The van der Waals surface area contributed by atoms with Crippen molar-refractivity contribution in [3.63, 3.8) is 0 Å². The van der Waals surface area contributed by atoms with E-state index in [1.54, 1.807) is 12.4 Å². The molecule has 1 unspecified atom stereocenters. The van der Waals surface area contributed by atoms with Gasteiger partial charge in [-0.2, -0.15) is 0 Å². The number of hydrogen-bond acceptors (Lipinski definition) is 2. The maximum Gasteiger partial charge on any atom is 0.126 e. The van der Waals surface area contributed by atoms with E-state index in [2.05, 4.69) is 10.3 Å². The predicted molar refractivity (Wildman–Crippen MR) is 70.7 cm³/mol. The number of pyridine rings is 1. The van der Waals surface area contributed by atoms with Crippen LogP contribution in [0.1, 0.15) is 24.1 Å². The van der Waals surface area contributed by atoms with Gasteiger partial charge in [0.1, 0.15) is 11.6 Å². The molecule has 0 aliphatic rings. The zero-order valence-electron chi connectivity index (χ0n) is 10.7. The minimum Gasteiger partial charge on any atom is -0.310 e. The molecule has 4 heteroatoms. The summed E-state index contributed by atoms with van der Waals surface area (Å²) < 4.78 is 26.4. The number of benzene rings is 1. The van der Waals surface area contributed by atoms with Crippen molar-refractivity contribution in [1.82, 2.24) is 10.3 Å². The van der Waals surface area contributed by atoms with Gasteiger partial charge in [-0.3, -0.25) is 4.98 Å². The SMILES string of the molecule is CCNC(Cc1cc(F)cc(F)c1)c1ccncc1. The van der Waals surface area contributed by atoms with Crippen LogP contribution in [0, 0.1) is 11.6 Å². The molecule has 0 bridgehead atoms. The van der Waals surface area contributed by atoms with Crippen LogP contribution in [-0.2, 0) is 6.42 Å². The van der Waals surface area contributed by atoms with Gasteiger partial charge in [0.2, 0.25) is 0 Å². The molecule has 1 N–H and O–H groups in total. The quantitative estimate of drug-likeness (QED) is 0.894. The van der Waals surface area contributed by atoms with Crippen LogP contribution in [0.2, 0.25) is 0 Å². The van der Waals surface area contributed by atoms with Gasteiger partial charge in [-0.25, -0.2) is 8.78 Å². The number of nitrogens with zero attached hydrogens (tertiary/aromatic N) is 1. The second-order valence-electron chi connectivity index (χ2n) is 4.37. The molecule has 0 saturated heterocycles. The highest BCUT2D eigenvalue weighted by Crippen LogP contribution is 2.19. The fourth-order valence-electron chi connectivity index (χ4n) is 2.11. The molecular formula is C15H16F2N2.